The molecule has 1 aliphatic carbocycles. The highest BCUT2D eigenvalue weighted by atomic mass is 32.2. The number of hydrogen-bond donors (Lipinski definition) is 1. The number of esters is 1. The second-order valence-corrected chi connectivity index (χ2v) is 6.09. The summed E-state index contributed by atoms with van der Waals surface area (Å²) in [4.78, 5) is 11.7. The van der Waals surface area contributed by atoms with Crippen LogP contribution < -0.4 is 5.32 Å². The van der Waals surface area contributed by atoms with E-state index in [-0.39, 0.29) is 16.8 Å². The summed E-state index contributed by atoms with van der Waals surface area (Å²) in [6.45, 7) is 5.31. The van der Waals surface area contributed by atoms with E-state index < -0.39 is 0 Å². The number of methoxy groups -OCH3 is 1. The lowest BCUT2D eigenvalue weighted by Crippen LogP contribution is -2.46. The molecule has 0 amide bonds. The molecule has 1 N–H and O–H groups in total. The third-order valence-electron chi connectivity index (χ3n) is 3.91. The second kappa shape index (κ2) is 6.64. The first-order chi connectivity index (χ1) is 8.12. The largest absolute Gasteiger partial charge is 0.468 e. The van der Waals surface area contributed by atoms with Gasteiger partial charge in [-0.3, -0.25) is 4.79 Å². The third-order valence-corrected chi connectivity index (χ3v) is 5.50. The molecule has 4 heteroatoms. The van der Waals surface area contributed by atoms with Crippen LogP contribution in [-0.2, 0) is 9.53 Å². The summed E-state index contributed by atoms with van der Waals surface area (Å²) >= 11 is 1.90. The fourth-order valence-electron chi connectivity index (χ4n) is 2.16. The van der Waals surface area contributed by atoms with Crippen LogP contribution in [0.1, 0.15) is 39.5 Å². The topological polar surface area (TPSA) is 38.3 Å². The lowest BCUT2D eigenvalue weighted by molar-refractivity contribution is -0.143. The SMILES string of the molecule is CCC(CC)(CNC(C(=O)OC)C1CC1)SC. The minimum atomic E-state index is -0.102. The fraction of sp³-hybridized carbons (Fsp3) is 0.923. The highest BCUT2D eigenvalue weighted by Crippen LogP contribution is 2.35. The van der Waals surface area contributed by atoms with Crippen molar-refractivity contribution >= 4 is 17.7 Å². The molecule has 0 heterocycles. The number of carbonyl (C=O) groups excluding carboxylic acids is 1. The van der Waals surface area contributed by atoms with Crippen molar-refractivity contribution in [2.45, 2.75) is 50.3 Å². The Labute approximate surface area is 109 Å². The van der Waals surface area contributed by atoms with E-state index in [1.54, 1.807) is 0 Å². The van der Waals surface area contributed by atoms with Crippen molar-refractivity contribution in [1.29, 1.82) is 0 Å². The molecule has 0 aromatic carbocycles. The van der Waals surface area contributed by atoms with Crippen LogP contribution in [-0.4, -0.2) is 36.7 Å². The Kier molecular flexibility index (Phi) is 5.80. The van der Waals surface area contributed by atoms with Crippen molar-refractivity contribution in [3.63, 3.8) is 0 Å². The molecule has 1 rings (SSSR count). The summed E-state index contributed by atoms with van der Waals surface area (Å²) < 4.78 is 5.12. The standard InChI is InChI=1S/C13H25NO2S/c1-5-13(6-2,17-4)9-14-11(10-7-8-10)12(15)16-3/h10-11,14H,5-9H2,1-4H3. The van der Waals surface area contributed by atoms with Gasteiger partial charge >= 0.3 is 5.97 Å². The lowest BCUT2D eigenvalue weighted by Gasteiger charge is -2.31. The highest BCUT2D eigenvalue weighted by Gasteiger charge is 2.38. The molecule has 1 unspecified atom stereocenters. The van der Waals surface area contributed by atoms with Crippen molar-refractivity contribution < 1.29 is 9.53 Å². The summed E-state index contributed by atoms with van der Waals surface area (Å²) in [7, 11) is 1.47. The second-order valence-electron chi connectivity index (χ2n) is 4.81. The Morgan fingerprint density at radius 1 is 1.47 bits per heavy atom. The smallest absolute Gasteiger partial charge is 0.323 e. The van der Waals surface area contributed by atoms with Gasteiger partial charge in [0.05, 0.1) is 7.11 Å². The first-order valence-electron chi connectivity index (χ1n) is 6.48. The van der Waals surface area contributed by atoms with Crippen LogP contribution in [0.2, 0.25) is 0 Å². The van der Waals surface area contributed by atoms with E-state index >= 15 is 0 Å². The summed E-state index contributed by atoms with van der Waals surface area (Å²) in [5.74, 6) is 0.394. The van der Waals surface area contributed by atoms with Crippen LogP contribution in [0.25, 0.3) is 0 Å². The van der Waals surface area contributed by atoms with Gasteiger partial charge in [-0.1, -0.05) is 13.8 Å². The molecule has 1 atom stereocenters. The highest BCUT2D eigenvalue weighted by molar-refractivity contribution is 8.00. The lowest BCUT2D eigenvalue weighted by atomic mass is 10.0. The molecule has 0 aliphatic heterocycles. The molecule has 0 radical (unpaired) electrons. The number of ether oxygens (including phenoxy) is 1. The number of thioether (sulfide) groups is 1. The molecule has 1 aliphatic rings. The van der Waals surface area contributed by atoms with E-state index in [0.29, 0.717) is 5.92 Å². The molecule has 0 bridgehead atoms. The third kappa shape index (κ3) is 3.88. The summed E-state index contributed by atoms with van der Waals surface area (Å²) in [6.07, 6.45) is 6.69. The van der Waals surface area contributed by atoms with Crippen molar-refractivity contribution in [3.8, 4) is 0 Å². The Morgan fingerprint density at radius 2 is 2.06 bits per heavy atom. The Morgan fingerprint density at radius 3 is 2.41 bits per heavy atom. The number of rotatable bonds is 8. The van der Waals surface area contributed by atoms with E-state index in [2.05, 4.69) is 25.4 Å². The van der Waals surface area contributed by atoms with E-state index in [1.807, 2.05) is 11.8 Å². The minimum absolute atomic E-state index is 0.0929. The van der Waals surface area contributed by atoms with Crippen LogP contribution in [0.4, 0.5) is 0 Å². The maximum absolute atomic E-state index is 11.7. The molecule has 17 heavy (non-hydrogen) atoms. The van der Waals surface area contributed by atoms with Crippen molar-refractivity contribution in [3.05, 3.63) is 0 Å². The predicted molar refractivity (Wildman–Crippen MR) is 73.4 cm³/mol. The summed E-state index contributed by atoms with van der Waals surface area (Å²) in [6, 6.07) is -0.0929. The average molecular weight is 259 g/mol. The Hall–Kier alpha value is -0.220. The Balaban J connectivity index is 2.53. The van der Waals surface area contributed by atoms with Gasteiger partial charge < -0.3 is 10.1 Å². The van der Waals surface area contributed by atoms with Gasteiger partial charge in [-0.05, 0) is 37.9 Å². The fourth-order valence-corrected chi connectivity index (χ4v) is 2.96. The number of nitrogens with one attached hydrogen (secondary N) is 1. The minimum Gasteiger partial charge on any atom is -0.468 e. The molecule has 1 saturated carbocycles. The van der Waals surface area contributed by atoms with Gasteiger partial charge in [0.15, 0.2) is 0 Å². The van der Waals surface area contributed by atoms with Gasteiger partial charge in [0.25, 0.3) is 0 Å². The first-order valence-corrected chi connectivity index (χ1v) is 7.71. The summed E-state index contributed by atoms with van der Waals surface area (Å²) in [5, 5.41) is 3.43. The zero-order valence-corrected chi connectivity index (χ0v) is 12.2. The van der Waals surface area contributed by atoms with Crippen molar-refractivity contribution in [2.75, 3.05) is 19.9 Å². The van der Waals surface area contributed by atoms with Crippen LogP contribution in [0.3, 0.4) is 0 Å². The summed E-state index contributed by atoms with van der Waals surface area (Å²) in [5.41, 5.74) is 0. The molecule has 100 valence electrons. The van der Waals surface area contributed by atoms with Crippen LogP contribution in [0.5, 0.6) is 0 Å². The Bertz CT molecular complexity index is 242. The zero-order valence-electron chi connectivity index (χ0n) is 11.4. The normalized spacial score (nSPS) is 17.9. The predicted octanol–water partition coefficient (Wildman–Crippen LogP) is 2.45. The van der Waals surface area contributed by atoms with E-state index in [4.69, 9.17) is 4.74 Å². The molecular formula is C13H25NO2S. The maximum Gasteiger partial charge on any atom is 0.323 e. The monoisotopic (exact) mass is 259 g/mol. The van der Waals surface area contributed by atoms with Crippen LogP contribution in [0.15, 0.2) is 0 Å². The molecular weight excluding hydrogens is 234 g/mol. The first kappa shape index (κ1) is 14.8. The van der Waals surface area contributed by atoms with Gasteiger partial charge in [0.1, 0.15) is 6.04 Å². The number of carbonyl (C=O) groups is 1. The quantitative estimate of drug-likeness (QED) is 0.680. The molecule has 0 spiro atoms. The molecule has 0 aromatic heterocycles. The molecule has 1 fully saturated rings. The van der Waals surface area contributed by atoms with Gasteiger partial charge in [0.2, 0.25) is 0 Å². The van der Waals surface area contributed by atoms with E-state index in [0.717, 1.165) is 32.2 Å². The van der Waals surface area contributed by atoms with Crippen LogP contribution >= 0.6 is 11.8 Å². The van der Waals surface area contributed by atoms with E-state index in [9.17, 15) is 4.79 Å². The van der Waals surface area contributed by atoms with Crippen LogP contribution in [0, 0.1) is 5.92 Å². The van der Waals surface area contributed by atoms with Gasteiger partial charge in [0, 0.05) is 11.3 Å². The number of hydrogen-bond acceptors (Lipinski definition) is 4. The molecule has 0 saturated heterocycles. The zero-order chi connectivity index (χ0) is 12.9. The van der Waals surface area contributed by atoms with Gasteiger partial charge in [-0.15, -0.1) is 0 Å². The van der Waals surface area contributed by atoms with Crippen molar-refractivity contribution in [1.82, 2.24) is 5.32 Å². The van der Waals surface area contributed by atoms with Gasteiger partial charge in [-0.2, -0.15) is 11.8 Å². The van der Waals surface area contributed by atoms with Gasteiger partial charge in [-0.25, -0.2) is 0 Å². The van der Waals surface area contributed by atoms with Crippen molar-refractivity contribution in [2.24, 2.45) is 5.92 Å². The molecule has 0 aromatic rings. The average Bonchev–Trinajstić information content (AvgIpc) is 3.19. The molecule has 3 nitrogen and oxygen atoms in total. The van der Waals surface area contributed by atoms with E-state index in [1.165, 1.54) is 7.11 Å². The maximum atomic E-state index is 11.7.